The van der Waals surface area contributed by atoms with Gasteiger partial charge in [-0.15, -0.1) is 0 Å². The number of amides is 1. The third kappa shape index (κ3) is 4.44. The van der Waals surface area contributed by atoms with Crippen LogP contribution in [-0.4, -0.2) is 60.0 Å². The number of hydrogen-bond donors (Lipinski definition) is 1. The lowest BCUT2D eigenvalue weighted by molar-refractivity contribution is 0.0658. The molecule has 2 fully saturated rings. The Labute approximate surface area is 139 Å². The van der Waals surface area contributed by atoms with Crippen molar-refractivity contribution < 1.29 is 4.79 Å². The van der Waals surface area contributed by atoms with Gasteiger partial charge in [-0.25, -0.2) is 4.98 Å². The van der Waals surface area contributed by atoms with Gasteiger partial charge >= 0.3 is 0 Å². The molecule has 1 amide bonds. The summed E-state index contributed by atoms with van der Waals surface area (Å²) in [6.07, 6.45) is 9.62. The summed E-state index contributed by atoms with van der Waals surface area (Å²) in [6.45, 7) is 3.46. The Balaban J connectivity index is 1.56. The molecule has 2 heterocycles. The van der Waals surface area contributed by atoms with Crippen LogP contribution in [0.25, 0.3) is 0 Å². The molecule has 0 bridgehead atoms. The fraction of sp³-hybridized carbons (Fsp3) is 0.667. The second kappa shape index (κ2) is 7.77. The predicted molar refractivity (Wildman–Crippen MR) is 92.8 cm³/mol. The van der Waals surface area contributed by atoms with Gasteiger partial charge in [0.05, 0.1) is 11.9 Å². The third-order valence-electron chi connectivity index (χ3n) is 5.00. The van der Waals surface area contributed by atoms with Crippen molar-refractivity contribution in [3.05, 3.63) is 24.0 Å². The number of carbonyl (C=O) groups is 1. The first kappa shape index (κ1) is 16.2. The molecular formula is C18H28N4O. The van der Waals surface area contributed by atoms with Crippen molar-refractivity contribution in [2.75, 3.05) is 38.5 Å². The average molecular weight is 316 g/mol. The van der Waals surface area contributed by atoms with Crippen LogP contribution >= 0.6 is 0 Å². The number of anilines is 1. The minimum Gasteiger partial charge on any atom is -0.381 e. The molecule has 5 nitrogen and oxygen atoms in total. The number of piperazine rings is 1. The average Bonchev–Trinajstić information content (AvgIpc) is 2.84. The summed E-state index contributed by atoms with van der Waals surface area (Å²) in [5.74, 6) is 0.0547. The SMILES string of the molecule is CN1CCN(C(=O)c2ccc(NC3CCCCCC3)cn2)CC1. The standard InChI is InChI=1S/C18H28N4O/c1-21-10-12-22(13-11-21)18(23)17-9-8-16(14-19-17)20-15-6-4-2-3-5-7-15/h8-9,14-15,20H,2-7,10-13H2,1H3. The Hall–Kier alpha value is -1.62. The maximum atomic E-state index is 12.5. The lowest BCUT2D eigenvalue weighted by Gasteiger charge is -2.32. The Bertz CT molecular complexity index is 500. The smallest absolute Gasteiger partial charge is 0.272 e. The molecule has 1 aromatic rings. The highest BCUT2D eigenvalue weighted by atomic mass is 16.2. The predicted octanol–water partition coefficient (Wildman–Crippen LogP) is 2.60. The third-order valence-corrected chi connectivity index (χ3v) is 5.00. The molecule has 0 unspecified atom stereocenters. The molecule has 1 aliphatic carbocycles. The molecular weight excluding hydrogens is 288 g/mol. The largest absolute Gasteiger partial charge is 0.381 e. The topological polar surface area (TPSA) is 48.5 Å². The highest BCUT2D eigenvalue weighted by molar-refractivity contribution is 5.92. The van der Waals surface area contributed by atoms with Crippen molar-refractivity contribution >= 4 is 11.6 Å². The highest BCUT2D eigenvalue weighted by Gasteiger charge is 2.21. The van der Waals surface area contributed by atoms with Crippen LogP contribution in [0.2, 0.25) is 0 Å². The van der Waals surface area contributed by atoms with E-state index in [0.717, 1.165) is 31.9 Å². The van der Waals surface area contributed by atoms with Gasteiger partial charge in [0.1, 0.15) is 5.69 Å². The van der Waals surface area contributed by atoms with Crippen LogP contribution in [0.4, 0.5) is 5.69 Å². The van der Waals surface area contributed by atoms with Gasteiger partial charge < -0.3 is 15.1 Å². The first-order valence-corrected chi connectivity index (χ1v) is 8.93. The normalized spacial score (nSPS) is 21.0. The Morgan fingerprint density at radius 3 is 2.39 bits per heavy atom. The molecule has 0 spiro atoms. The summed E-state index contributed by atoms with van der Waals surface area (Å²) in [6, 6.07) is 4.42. The van der Waals surface area contributed by atoms with E-state index < -0.39 is 0 Å². The van der Waals surface area contributed by atoms with Gasteiger partial charge in [0, 0.05) is 32.2 Å². The number of carbonyl (C=O) groups excluding carboxylic acids is 1. The summed E-state index contributed by atoms with van der Waals surface area (Å²) < 4.78 is 0. The minimum absolute atomic E-state index is 0.0547. The maximum absolute atomic E-state index is 12.5. The highest BCUT2D eigenvalue weighted by Crippen LogP contribution is 2.21. The van der Waals surface area contributed by atoms with Crippen molar-refractivity contribution in [2.24, 2.45) is 0 Å². The van der Waals surface area contributed by atoms with Gasteiger partial charge in [-0.3, -0.25) is 4.79 Å². The molecule has 1 aliphatic heterocycles. The van der Waals surface area contributed by atoms with E-state index in [2.05, 4.69) is 22.2 Å². The van der Waals surface area contributed by atoms with E-state index in [9.17, 15) is 4.79 Å². The summed E-state index contributed by atoms with van der Waals surface area (Å²) in [5.41, 5.74) is 1.59. The van der Waals surface area contributed by atoms with Crippen LogP contribution in [0.1, 0.15) is 49.0 Å². The van der Waals surface area contributed by atoms with Crippen molar-refractivity contribution in [1.29, 1.82) is 0 Å². The van der Waals surface area contributed by atoms with Crippen LogP contribution in [0.3, 0.4) is 0 Å². The zero-order chi connectivity index (χ0) is 16.1. The number of hydrogen-bond acceptors (Lipinski definition) is 4. The van der Waals surface area contributed by atoms with Crippen LogP contribution in [0, 0.1) is 0 Å². The molecule has 1 aromatic heterocycles. The number of nitrogens with one attached hydrogen (secondary N) is 1. The fourth-order valence-corrected chi connectivity index (χ4v) is 3.44. The molecule has 126 valence electrons. The minimum atomic E-state index is 0.0547. The molecule has 1 saturated carbocycles. The first-order valence-electron chi connectivity index (χ1n) is 8.93. The number of nitrogens with zero attached hydrogens (tertiary/aromatic N) is 3. The van der Waals surface area contributed by atoms with Crippen molar-refractivity contribution in [3.63, 3.8) is 0 Å². The lowest BCUT2D eigenvalue weighted by Crippen LogP contribution is -2.47. The Morgan fingerprint density at radius 2 is 1.78 bits per heavy atom. The number of aromatic nitrogens is 1. The van der Waals surface area contributed by atoms with E-state index in [-0.39, 0.29) is 5.91 Å². The van der Waals surface area contributed by atoms with E-state index in [1.54, 1.807) is 0 Å². The fourth-order valence-electron chi connectivity index (χ4n) is 3.44. The number of rotatable bonds is 3. The second-order valence-corrected chi connectivity index (χ2v) is 6.86. The molecule has 0 atom stereocenters. The zero-order valence-electron chi connectivity index (χ0n) is 14.1. The summed E-state index contributed by atoms with van der Waals surface area (Å²) >= 11 is 0. The first-order chi connectivity index (χ1) is 11.2. The Morgan fingerprint density at radius 1 is 1.09 bits per heavy atom. The van der Waals surface area contributed by atoms with E-state index in [1.807, 2.05) is 23.2 Å². The van der Waals surface area contributed by atoms with Gasteiger partial charge in [0.25, 0.3) is 5.91 Å². The van der Waals surface area contributed by atoms with Crippen LogP contribution in [0.5, 0.6) is 0 Å². The molecule has 0 aromatic carbocycles. The van der Waals surface area contributed by atoms with Gasteiger partial charge in [-0.2, -0.15) is 0 Å². The second-order valence-electron chi connectivity index (χ2n) is 6.86. The quantitative estimate of drug-likeness (QED) is 0.871. The monoisotopic (exact) mass is 316 g/mol. The van der Waals surface area contributed by atoms with Crippen molar-refractivity contribution in [2.45, 2.75) is 44.6 Å². The molecule has 0 radical (unpaired) electrons. The molecule has 23 heavy (non-hydrogen) atoms. The van der Waals surface area contributed by atoms with Gasteiger partial charge in [0.15, 0.2) is 0 Å². The number of pyridine rings is 1. The van der Waals surface area contributed by atoms with Crippen LogP contribution in [-0.2, 0) is 0 Å². The van der Waals surface area contributed by atoms with Crippen molar-refractivity contribution in [1.82, 2.24) is 14.8 Å². The van der Waals surface area contributed by atoms with Crippen LogP contribution < -0.4 is 5.32 Å². The molecule has 3 rings (SSSR count). The van der Waals surface area contributed by atoms with Gasteiger partial charge in [-0.1, -0.05) is 25.7 Å². The summed E-state index contributed by atoms with van der Waals surface area (Å²) in [4.78, 5) is 21.0. The molecule has 2 aliphatic rings. The lowest BCUT2D eigenvalue weighted by atomic mass is 10.1. The summed E-state index contributed by atoms with van der Waals surface area (Å²) in [7, 11) is 2.09. The van der Waals surface area contributed by atoms with Gasteiger partial charge in [0.2, 0.25) is 0 Å². The molecule has 1 saturated heterocycles. The van der Waals surface area contributed by atoms with E-state index in [4.69, 9.17) is 0 Å². The zero-order valence-corrected chi connectivity index (χ0v) is 14.1. The van der Waals surface area contributed by atoms with E-state index in [0.29, 0.717) is 11.7 Å². The van der Waals surface area contributed by atoms with E-state index in [1.165, 1.54) is 38.5 Å². The number of likely N-dealkylation sites (N-methyl/N-ethyl adjacent to an activating group) is 1. The Kier molecular flexibility index (Phi) is 5.49. The maximum Gasteiger partial charge on any atom is 0.272 e. The van der Waals surface area contributed by atoms with E-state index >= 15 is 0 Å². The molecule has 5 heteroatoms. The summed E-state index contributed by atoms with van der Waals surface area (Å²) in [5, 5.41) is 3.58. The van der Waals surface area contributed by atoms with Gasteiger partial charge in [-0.05, 0) is 32.0 Å². The van der Waals surface area contributed by atoms with Crippen molar-refractivity contribution in [3.8, 4) is 0 Å². The molecule has 1 N–H and O–H groups in total. The van der Waals surface area contributed by atoms with Crippen LogP contribution in [0.15, 0.2) is 18.3 Å².